The Bertz CT molecular complexity index is 930. The molecule has 0 aliphatic rings. The van der Waals surface area contributed by atoms with Crippen molar-refractivity contribution in [3.8, 4) is 5.75 Å². The van der Waals surface area contributed by atoms with E-state index in [1.54, 1.807) is 19.1 Å². The smallest absolute Gasteiger partial charge is 0.233 e. The molecular weight excluding hydrogens is 346 g/mol. The summed E-state index contributed by atoms with van der Waals surface area (Å²) >= 11 is 1.43. The van der Waals surface area contributed by atoms with Gasteiger partial charge in [0, 0.05) is 13.6 Å². The van der Waals surface area contributed by atoms with Crippen LogP contribution in [0.4, 0.5) is 0 Å². The molecule has 0 saturated heterocycles. The largest absolute Gasteiger partial charge is 0.497 e. The Morgan fingerprint density at radius 3 is 2.58 bits per heavy atom. The highest BCUT2D eigenvalue weighted by molar-refractivity contribution is 7.99. The maximum atomic E-state index is 12.5. The first-order chi connectivity index (χ1) is 12.6. The summed E-state index contributed by atoms with van der Waals surface area (Å²) < 4.78 is 5.23. The van der Waals surface area contributed by atoms with Crippen molar-refractivity contribution in [3.63, 3.8) is 0 Å². The van der Waals surface area contributed by atoms with Gasteiger partial charge in [-0.3, -0.25) is 4.79 Å². The van der Waals surface area contributed by atoms with E-state index in [0.29, 0.717) is 12.3 Å². The van der Waals surface area contributed by atoms with Gasteiger partial charge in [0.1, 0.15) is 10.8 Å². The van der Waals surface area contributed by atoms with Crippen molar-refractivity contribution in [2.24, 2.45) is 0 Å². The van der Waals surface area contributed by atoms with Crippen LogP contribution in [0.1, 0.15) is 11.3 Å². The number of carbonyl (C=O) groups is 1. The molecule has 0 aliphatic heterocycles. The molecule has 3 rings (SSSR count). The molecule has 0 aliphatic carbocycles. The highest BCUT2D eigenvalue weighted by atomic mass is 32.2. The molecular formula is C20H21N3O2S. The first-order valence-corrected chi connectivity index (χ1v) is 9.28. The molecule has 6 heteroatoms. The molecule has 0 bridgehead atoms. The molecule has 0 unspecified atom stereocenters. The topological polar surface area (TPSA) is 55.3 Å². The minimum Gasteiger partial charge on any atom is -0.497 e. The number of amides is 1. The molecule has 0 fully saturated rings. The number of methoxy groups -OCH3 is 1. The number of benzene rings is 2. The summed E-state index contributed by atoms with van der Waals surface area (Å²) in [6.45, 7) is 2.46. The number of carbonyl (C=O) groups excluding carboxylic acids is 1. The van der Waals surface area contributed by atoms with Crippen molar-refractivity contribution < 1.29 is 9.53 Å². The molecule has 3 aromatic rings. The van der Waals surface area contributed by atoms with Crippen LogP contribution in [0.3, 0.4) is 0 Å². The van der Waals surface area contributed by atoms with Gasteiger partial charge in [-0.1, -0.05) is 36.0 Å². The monoisotopic (exact) mass is 367 g/mol. The molecule has 0 saturated carbocycles. The van der Waals surface area contributed by atoms with Crippen LogP contribution in [0.25, 0.3) is 11.0 Å². The zero-order valence-electron chi connectivity index (χ0n) is 15.1. The summed E-state index contributed by atoms with van der Waals surface area (Å²) in [4.78, 5) is 23.4. The standard InChI is InChI=1S/C20H21N3O2S/c1-14-20(22-18-10-5-4-9-17(18)21-14)26-13-19(24)23(2)12-15-7-6-8-16(11-15)25-3/h4-11H,12-13H2,1-3H3. The number of aryl methyl sites for hydroxylation is 1. The van der Waals surface area contributed by atoms with E-state index in [1.807, 2.05) is 55.5 Å². The Balaban J connectivity index is 1.63. The minimum absolute atomic E-state index is 0.0483. The number of aromatic nitrogens is 2. The molecule has 26 heavy (non-hydrogen) atoms. The van der Waals surface area contributed by atoms with Gasteiger partial charge < -0.3 is 9.64 Å². The van der Waals surface area contributed by atoms with Gasteiger partial charge in [0.25, 0.3) is 0 Å². The van der Waals surface area contributed by atoms with E-state index >= 15 is 0 Å². The van der Waals surface area contributed by atoms with Gasteiger partial charge in [0.05, 0.1) is 29.6 Å². The van der Waals surface area contributed by atoms with Crippen molar-refractivity contribution in [1.82, 2.24) is 14.9 Å². The van der Waals surface area contributed by atoms with E-state index in [4.69, 9.17) is 4.74 Å². The number of rotatable bonds is 6. The maximum absolute atomic E-state index is 12.5. The predicted molar refractivity (Wildman–Crippen MR) is 104 cm³/mol. The molecule has 1 heterocycles. The quantitative estimate of drug-likeness (QED) is 0.622. The summed E-state index contributed by atoms with van der Waals surface area (Å²) in [7, 11) is 3.44. The third-order valence-electron chi connectivity index (χ3n) is 4.01. The van der Waals surface area contributed by atoms with Gasteiger partial charge in [-0.25, -0.2) is 9.97 Å². The fourth-order valence-corrected chi connectivity index (χ4v) is 3.48. The van der Waals surface area contributed by atoms with Crippen molar-refractivity contribution in [2.45, 2.75) is 18.5 Å². The summed E-state index contributed by atoms with van der Waals surface area (Å²) in [6, 6.07) is 15.5. The Morgan fingerprint density at radius 2 is 1.85 bits per heavy atom. The number of ether oxygens (including phenoxy) is 1. The second-order valence-corrected chi connectivity index (χ2v) is 6.96. The van der Waals surface area contributed by atoms with Gasteiger partial charge in [-0.2, -0.15) is 0 Å². The number of hydrogen-bond acceptors (Lipinski definition) is 5. The van der Waals surface area contributed by atoms with E-state index in [2.05, 4.69) is 9.97 Å². The summed E-state index contributed by atoms with van der Waals surface area (Å²) in [5.41, 5.74) is 3.59. The highest BCUT2D eigenvalue weighted by Gasteiger charge is 2.13. The number of para-hydroxylation sites is 2. The zero-order valence-corrected chi connectivity index (χ0v) is 15.9. The third-order valence-corrected chi connectivity index (χ3v) is 5.06. The average molecular weight is 367 g/mol. The summed E-state index contributed by atoms with van der Waals surface area (Å²) in [6.07, 6.45) is 0. The van der Waals surface area contributed by atoms with E-state index in [9.17, 15) is 4.79 Å². The van der Waals surface area contributed by atoms with Crippen LogP contribution in [0.15, 0.2) is 53.6 Å². The maximum Gasteiger partial charge on any atom is 0.233 e. The second kappa shape index (κ2) is 8.19. The van der Waals surface area contributed by atoms with Crippen LogP contribution in [0.5, 0.6) is 5.75 Å². The molecule has 5 nitrogen and oxygen atoms in total. The normalized spacial score (nSPS) is 10.7. The zero-order chi connectivity index (χ0) is 18.5. The highest BCUT2D eigenvalue weighted by Crippen LogP contribution is 2.22. The lowest BCUT2D eigenvalue weighted by atomic mass is 10.2. The molecule has 134 valence electrons. The number of nitrogens with zero attached hydrogens (tertiary/aromatic N) is 3. The van der Waals surface area contributed by atoms with Crippen LogP contribution in [0, 0.1) is 6.92 Å². The summed E-state index contributed by atoms with van der Waals surface area (Å²) in [5, 5.41) is 0.798. The lowest BCUT2D eigenvalue weighted by molar-refractivity contribution is -0.127. The van der Waals surface area contributed by atoms with Crippen molar-refractivity contribution in [2.75, 3.05) is 19.9 Å². The predicted octanol–water partition coefficient (Wildman–Crippen LogP) is 3.70. The van der Waals surface area contributed by atoms with E-state index < -0.39 is 0 Å². The lowest BCUT2D eigenvalue weighted by Gasteiger charge is -2.17. The van der Waals surface area contributed by atoms with E-state index in [-0.39, 0.29) is 5.91 Å². The number of fused-ring (bicyclic) bond motifs is 1. The molecule has 1 amide bonds. The SMILES string of the molecule is COc1cccc(CN(C)C(=O)CSc2nc3ccccc3nc2C)c1. The number of hydrogen-bond donors (Lipinski definition) is 0. The molecule has 1 aromatic heterocycles. The lowest BCUT2D eigenvalue weighted by Crippen LogP contribution is -2.27. The third kappa shape index (κ3) is 4.32. The Morgan fingerprint density at radius 1 is 1.12 bits per heavy atom. The van der Waals surface area contributed by atoms with Gasteiger partial charge >= 0.3 is 0 Å². The van der Waals surface area contributed by atoms with Crippen molar-refractivity contribution >= 4 is 28.7 Å². The van der Waals surface area contributed by atoms with Crippen molar-refractivity contribution in [1.29, 1.82) is 0 Å². The molecule has 0 N–H and O–H groups in total. The van der Waals surface area contributed by atoms with Crippen LogP contribution < -0.4 is 4.74 Å². The van der Waals surface area contributed by atoms with Crippen LogP contribution >= 0.6 is 11.8 Å². The first kappa shape index (κ1) is 18.2. The van der Waals surface area contributed by atoms with Crippen LogP contribution in [-0.2, 0) is 11.3 Å². The van der Waals surface area contributed by atoms with E-state index in [1.165, 1.54) is 11.8 Å². The molecule has 0 radical (unpaired) electrons. The first-order valence-electron chi connectivity index (χ1n) is 8.30. The fraction of sp³-hybridized carbons (Fsp3) is 0.250. The van der Waals surface area contributed by atoms with Gasteiger partial charge in [0.2, 0.25) is 5.91 Å². The summed E-state index contributed by atoms with van der Waals surface area (Å²) in [5.74, 6) is 1.17. The average Bonchev–Trinajstić information content (AvgIpc) is 2.66. The number of thioether (sulfide) groups is 1. The molecule has 0 spiro atoms. The minimum atomic E-state index is 0.0483. The van der Waals surface area contributed by atoms with Gasteiger partial charge in [-0.15, -0.1) is 0 Å². The van der Waals surface area contributed by atoms with E-state index in [0.717, 1.165) is 33.1 Å². The Hall–Kier alpha value is -2.60. The molecule has 0 atom stereocenters. The van der Waals surface area contributed by atoms with Crippen LogP contribution in [0.2, 0.25) is 0 Å². The van der Waals surface area contributed by atoms with Crippen LogP contribution in [-0.4, -0.2) is 40.7 Å². The Kier molecular flexibility index (Phi) is 5.73. The van der Waals surface area contributed by atoms with Gasteiger partial charge in [-0.05, 0) is 36.8 Å². The van der Waals surface area contributed by atoms with Gasteiger partial charge in [0.15, 0.2) is 0 Å². The Labute approximate surface area is 157 Å². The fourth-order valence-electron chi connectivity index (χ4n) is 2.58. The molecule has 2 aromatic carbocycles. The second-order valence-electron chi connectivity index (χ2n) is 5.99. The van der Waals surface area contributed by atoms with Crippen molar-refractivity contribution in [3.05, 3.63) is 59.8 Å².